The molecule has 1 amide bonds. The van der Waals surface area contributed by atoms with Crippen LogP contribution in [-0.2, 0) is 11.8 Å². The molecule has 2 aliphatic rings. The molecular formula is C25H31N7O4. The van der Waals surface area contributed by atoms with Crippen LogP contribution in [0.2, 0.25) is 0 Å². The second-order valence-corrected chi connectivity index (χ2v) is 8.76. The van der Waals surface area contributed by atoms with Gasteiger partial charge in [-0.05, 0) is 24.3 Å². The van der Waals surface area contributed by atoms with Crippen LogP contribution in [0.4, 0.5) is 11.5 Å². The second-order valence-electron chi connectivity index (χ2n) is 8.76. The van der Waals surface area contributed by atoms with Crippen molar-refractivity contribution in [1.82, 2.24) is 24.9 Å². The quantitative estimate of drug-likeness (QED) is 0.508. The van der Waals surface area contributed by atoms with E-state index in [1.54, 1.807) is 32.1 Å². The Kier molecular flexibility index (Phi) is 6.90. The van der Waals surface area contributed by atoms with Gasteiger partial charge < -0.3 is 28.9 Å². The third kappa shape index (κ3) is 4.78. The molecule has 36 heavy (non-hydrogen) atoms. The molecule has 0 saturated carbocycles. The summed E-state index contributed by atoms with van der Waals surface area (Å²) in [5, 5.41) is 13.2. The van der Waals surface area contributed by atoms with Gasteiger partial charge in [0.15, 0.2) is 5.82 Å². The minimum Gasteiger partial charge on any atom is -0.497 e. The summed E-state index contributed by atoms with van der Waals surface area (Å²) in [6.07, 6.45) is 1.80. The molecule has 0 radical (unpaired) electrons. The average molecular weight is 494 g/mol. The van der Waals surface area contributed by atoms with Crippen LogP contribution in [0, 0.1) is 0 Å². The van der Waals surface area contributed by atoms with E-state index in [-0.39, 0.29) is 5.91 Å². The maximum atomic E-state index is 13.4. The van der Waals surface area contributed by atoms with E-state index in [0.29, 0.717) is 49.1 Å². The number of hydrogen-bond acceptors (Lipinski definition) is 9. The van der Waals surface area contributed by atoms with Crippen molar-refractivity contribution in [3.63, 3.8) is 0 Å². The topological polar surface area (TPSA) is 98.1 Å². The van der Waals surface area contributed by atoms with Crippen molar-refractivity contribution >= 4 is 17.4 Å². The third-order valence-corrected chi connectivity index (χ3v) is 6.68. The van der Waals surface area contributed by atoms with Gasteiger partial charge in [0, 0.05) is 57.9 Å². The van der Waals surface area contributed by atoms with Crippen LogP contribution in [0.25, 0.3) is 11.3 Å². The fraction of sp³-hybridized carbons (Fsp3) is 0.440. The van der Waals surface area contributed by atoms with Gasteiger partial charge in [0.25, 0.3) is 5.91 Å². The summed E-state index contributed by atoms with van der Waals surface area (Å²) < 4.78 is 17.9. The molecule has 190 valence electrons. The molecule has 0 spiro atoms. The van der Waals surface area contributed by atoms with E-state index in [9.17, 15) is 4.79 Å². The molecule has 4 heterocycles. The zero-order chi connectivity index (χ0) is 25.1. The van der Waals surface area contributed by atoms with E-state index in [1.807, 2.05) is 29.2 Å². The Labute approximate surface area is 210 Å². The molecule has 0 unspecified atom stereocenters. The molecule has 2 fully saturated rings. The fourth-order valence-corrected chi connectivity index (χ4v) is 4.61. The van der Waals surface area contributed by atoms with Crippen molar-refractivity contribution in [2.24, 2.45) is 7.05 Å². The third-order valence-electron chi connectivity index (χ3n) is 6.68. The lowest BCUT2D eigenvalue weighted by atomic mass is 10.1. The summed E-state index contributed by atoms with van der Waals surface area (Å²) in [5.74, 6) is 2.15. The number of carbonyl (C=O) groups excluding carboxylic acids is 1. The van der Waals surface area contributed by atoms with Gasteiger partial charge in [0.2, 0.25) is 0 Å². The maximum absolute atomic E-state index is 13.4. The monoisotopic (exact) mass is 493 g/mol. The first-order chi connectivity index (χ1) is 17.6. The molecule has 11 nitrogen and oxygen atoms in total. The Balaban J connectivity index is 1.27. The SMILES string of the molecule is COc1ccc(OC)c(-c2cc(C(=O)N3CCN(c4cc(N5CCOCC5)cnn4)CC3)n(C)n2)c1. The van der Waals surface area contributed by atoms with Gasteiger partial charge in [-0.15, -0.1) is 5.10 Å². The molecule has 3 aromatic rings. The highest BCUT2D eigenvalue weighted by molar-refractivity contribution is 5.94. The van der Waals surface area contributed by atoms with E-state index in [4.69, 9.17) is 14.2 Å². The first-order valence-corrected chi connectivity index (χ1v) is 12.0. The summed E-state index contributed by atoms with van der Waals surface area (Å²) in [6, 6.07) is 9.41. The standard InChI is InChI=1S/C25H31N7O4/c1-29-22(16-21(28-29)20-15-19(34-2)4-5-23(20)35-3)25(33)32-8-6-31(7-9-32)24-14-18(17-26-27-24)30-10-12-36-13-11-30/h4-5,14-17H,6-13H2,1-3H3. The normalized spacial score (nSPS) is 16.2. The molecule has 0 atom stereocenters. The second kappa shape index (κ2) is 10.4. The first-order valence-electron chi connectivity index (χ1n) is 12.0. The molecule has 1 aromatic carbocycles. The molecule has 2 saturated heterocycles. The number of hydrogen-bond donors (Lipinski definition) is 0. The maximum Gasteiger partial charge on any atom is 0.272 e. The number of methoxy groups -OCH3 is 2. The molecule has 0 bridgehead atoms. The van der Waals surface area contributed by atoms with Gasteiger partial charge in [-0.2, -0.15) is 10.2 Å². The fourth-order valence-electron chi connectivity index (χ4n) is 4.61. The number of nitrogens with zero attached hydrogens (tertiary/aromatic N) is 7. The summed E-state index contributed by atoms with van der Waals surface area (Å²) in [4.78, 5) is 19.7. The van der Waals surface area contributed by atoms with E-state index in [2.05, 4.69) is 31.2 Å². The lowest BCUT2D eigenvalue weighted by Crippen LogP contribution is -2.49. The zero-order valence-electron chi connectivity index (χ0n) is 20.9. The number of benzene rings is 1. The van der Waals surface area contributed by atoms with Crippen molar-refractivity contribution in [2.45, 2.75) is 0 Å². The number of ether oxygens (including phenoxy) is 3. The molecule has 2 aromatic heterocycles. The number of rotatable bonds is 6. The van der Waals surface area contributed by atoms with Crippen molar-refractivity contribution in [3.05, 3.63) is 42.2 Å². The predicted molar refractivity (Wildman–Crippen MR) is 135 cm³/mol. The zero-order valence-corrected chi connectivity index (χ0v) is 20.9. The average Bonchev–Trinajstić information content (AvgIpc) is 3.34. The summed E-state index contributed by atoms with van der Waals surface area (Å²) in [7, 11) is 5.01. The van der Waals surface area contributed by atoms with Crippen molar-refractivity contribution in [1.29, 1.82) is 0 Å². The van der Waals surface area contributed by atoms with E-state index in [0.717, 1.165) is 43.4 Å². The van der Waals surface area contributed by atoms with E-state index < -0.39 is 0 Å². The Morgan fingerprint density at radius 1 is 0.944 bits per heavy atom. The molecule has 5 rings (SSSR count). The van der Waals surface area contributed by atoms with Crippen LogP contribution in [0.3, 0.4) is 0 Å². The van der Waals surface area contributed by atoms with Gasteiger partial charge in [-0.25, -0.2) is 0 Å². The predicted octanol–water partition coefficient (Wildman–Crippen LogP) is 1.69. The smallest absolute Gasteiger partial charge is 0.272 e. The van der Waals surface area contributed by atoms with Gasteiger partial charge in [-0.1, -0.05) is 0 Å². The minimum atomic E-state index is -0.0501. The first kappa shape index (κ1) is 23.9. The number of aryl methyl sites for hydroxylation is 1. The molecular weight excluding hydrogens is 462 g/mol. The Bertz CT molecular complexity index is 1220. The van der Waals surface area contributed by atoms with Crippen LogP contribution in [0.1, 0.15) is 10.5 Å². The minimum absolute atomic E-state index is 0.0501. The van der Waals surface area contributed by atoms with Crippen LogP contribution >= 0.6 is 0 Å². The van der Waals surface area contributed by atoms with Crippen molar-refractivity contribution in [3.8, 4) is 22.8 Å². The highest BCUT2D eigenvalue weighted by Gasteiger charge is 2.26. The molecule has 2 aliphatic heterocycles. The van der Waals surface area contributed by atoms with Crippen molar-refractivity contribution in [2.75, 3.05) is 76.5 Å². The summed E-state index contributed by atoms with van der Waals surface area (Å²) in [5.41, 5.74) is 3.01. The lowest BCUT2D eigenvalue weighted by Gasteiger charge is -2.35. The van der Waals surface area contributed by atoms with Gasteiger partial charge in [0.05, 0.1) is 45.0 Å². The number of carbonyl (C=O) groups is 1. The highest BCUT2D eigenvalue weighted by Crippen LogP contribution is 2.33. The number of morpholine rings is 1. The van der Waals surface area contributed by atoms with Gasteiger partial charge in [0.1, 0.15) is 17.2 Å². The Morgan fingerprint density at radius 3 is 2.44 bits per heavy atom. The van der Waals surface area contributed by atoms with Crippen LogP contribution < -0.4 is 19.3 Å². The lowest BCUT2D eigenvalue weighted by molar-refractivity contribution is 0.0735. The van der Waals surface area contributed by atoms with Crippen LogP contribution in [0.15, 0.2) is 36.5 Å². The Hall–Kier alpha value is -3.86. The summed E-state index contributed by atoms with van der Waals surface area (Å²) >= 11 is 0. The molecule has 0 N–H and O–H groups in total. The number of amides is 1. The van der Waals surface area contributed by atoms with Crippen LogP contribution in [0.5, 0.6) is 11.5 Å². The van der Waals surface area contributed by atoms with Crippen molar-refractivity contribution < 1.29 is 19.0 Å². The number of aromatic nitrogens is 4. The Morgan fingerprint density at radius 2 is 1.72 bits per heavy atom. The molecule has 0 aliphatic carbocycles. The largest absolute Gasteiger partial charge is 0.497 e. The summed E-state index contributed by atoms with van der Waals surface area (Å²) in [6.45, 7) is 5.68. The van der Waals surface area contributed by atoms with E-state index >= 15 is 0 Å². The highest BCUT2D eigenvalue weighted by atomic mass is 16.5. The molecule has 11 heteroatoms. The van der Waals surface area contributed by atoms with Gasteiger partial charge in [-0.3, -0.25) is 9.48 Å². The van der Waals surface area contributed by atoms with Crippen LogP contribution in [-0.4, -0.2) is 97.5 Å². The van der Waals surface area contributed by atoms with Gasteiger partial charge >= 0.3 is 0 Å². The number of piperazine rings is 1. The van der Waals surface area contributed by atoms with E-state index in [1.165, 1.54) is 0 Å². The number of anilines is 2.